The molecule has 0 unspecified atom stereocenters. The summed E-state index contributed by atoms with van der Waals surface area (Å²) in [6.45, 7) is 1.21. The van der Waals surface area contributed by atoms with E-state index in [4.69, 9.17) is 0 Å². The number of nitrogens with zero attached hydrogens (tertiary/aromatic N) is 5. The van der Waals surface area contributed by atoms with E-state index in [9.17, 15) is 4.79 Å². The molecule has 23 heavy (non-hydrogen) atoms. The van der Waals surface area contributed by atoms with Crippen molar-refractivity contribution < 1.29 is 4.79 Å². The van der Waals surface area contributed by atoms with Crippen LogP contribution in [-0.2, 0) is 0 Å². The molecule has 1 aliphatic rings. The fraction of sp³-hybridized carbons (Fsp3) is 0.188. The van der Waals surface area contributed by atoms with Crippen LogP contribution in [0.1, 0.15) is 10.5 Å². The van der Waals surface area contributed by atoms with E-state index in [1.165, 1.54) is 6.20 Å². The van der Waals surface area contributed by atoms with Crippen molar-refractivity contribution in [1.29, 1.82) is 0 Å². The number of hydrogen-bond acceptors (Lipinski definition) is 6. The fourth-order valence-corrected chi connectivity index (χ4v) is 2.51. The lowest BCUT2D eigenvalue weighted by molar-refractivity contribution is 0.0618. The van der Waals surface area contributed by atoms with Crippen LogP contribution in [0.15, 0.2) is 48.9 Å². The summed E-state index contributed by atoms with van der Waals surface area (Å²) < 4.78 is 0. The number of para-hydroxylation sites is 2. The second-order valence-corrected chi connectivity index (χ2v) is 5.37. The average Bonchev–Trinajstić information content (AvgIpc) is 2.57. The molecule has 1 aromatic carbocycles. The molecule has 1 fully saturated rings. The van der Waals surface area contributed by atoms with Gasteiger partial charge in [0, 0.05) is 25.5 Å². The van der Waals surface area contributed by atoms with Crippen LogP contribution in [0.3, 0.4) is 0 Å². The number of aromatic nitrogens is 4. The zero-order valence-electron chi connectivity index (χ0n) is 12.3. The van der Waals surface area contributed by atoms with Gasteiger partial charge in [-0.25, -0.2) is 15.0 Å². The van der Waals surface area contributed by atoms with E-state index < -0.39 is 0 Å². The maximum atomic E-state index is 12.4. The largest absolute Gasteiger partial charge is 0.348 e. The third-order valence-electron chi connectivity index (χ3n) is 3.74. The number of fused-ring (bicyclic) bond motifs is 1. The van der Waals surface area contributed by atoms with Gasteiger partial charge in [-0.3, -0.25) is 9.78 Å². The van der Waals surface area contributed by atoms with Crippen molar-refractivity contribution in [1.82, 2.24) is 24.8 Å². The van der Waals surface area contributed by atoms with Crippen molar-refractivity contribution in [3.63, 3.8) is 0 Å². The summed E-state index contributed by atoms with van der Waals surface area (Å²) in [5, 5.41) is 3.19. The van der Waals surface area contributed by atoms with Crippen LogP contribution in [0.5, 0.6) is 0 Å². The monoisotopic (exact) mass is 306 g/mol. The smallest absolute Gasteiger partial charge is 0.274 e. The molecule has 1 N–H and O–H groups in total. The second kappa shape index (κ2) is 5.60. The Kier molecular flexibility index (Phi) is 3.30. The van der Waals surface area contributed by atoms with E-state index in [1.54, 1.807) is 23.4 Å². The number of anilines is 1. The van der Waals surface area contributed by atoms with Crippen LogP contribution < -0.4 is 5.32 Å². The first-order chi connectivity index (χ1) is 11.3. The van der Waals surface area contributed by atoms with E-state index >= 15 is 0 Å². The highest BCUT2D eigenvalue weighted by Gasteiger charge is 2.32. The molecule has 1 amide bonds. The summed E-state index contributed by atoms with van der Waals surface area (Å²) in [4.78, 5) is 31.1. The quantitative estimate of drug-likeness (QED) is 0.786. The number of amides is 1. The molecule has 0 saturated carbocycles. The lowest BCUT2D eigenvalue weighted by Crippen LogP contribution is -2.57. The van der Waals surface area contributed by atoms with Gasteiger partial charge in [0.1, 0.15) is 5.69 Å². The molecule has 0 bridgehead atoms. The minimum atomic E-state index is -0.102. The van der Waals surface area contributed by atoms with Crippen molar-refractivity contribution in [3.8, 4) is 0 Å². The highest BCUT2D eigenvalue weighted by molar-refractivity contribution is 5.94. The number of hydrogen-bond donors (Lipinski definition) is 1. The van der Waals surface area contributed by atoms with Gasteiger partial charge in [0.05, 0.1) is 23.3 Å². The summed E-state index contributed by atoms with van der Waals surface area (Å²) in [6, 6.07) is 9.44. The van der Waals surface area contributed by atoms with Gasteiger partial charge in [-0.05, 0) is 18.2 Å². The Bertz CT molecular complexity index is 847. The summed E-state index contributed by atoms with van der Waals surface area (Å²) in [6.07, 6.45) is 4.90. The maximum Gasteiger partial charge on any atom is 0.274 e. The van der Waals surface area contributed by atoms with E-state index in [1.807, 2.05) is 24.3 Å². The molecule has 0 radical (unpaired) electrons. The van der Waals surface area contributed by atoms with Gasteiger partial charge in [0.15, 0.2) is 0 Å². The molecule has 0 aliphatic carbocycles. The Labute approximate surface area is 132 Å². The van der Waals surface area contributed by atoms with Crippen molar-refractivity contribution >= 4 is 22.9 Å². The maximum absolute atomic E-state index is 12.4. The van der Waals surface area contributed by atoms with Gasteiger partial charge in [0.2, 0.25) is 5.95 Å². The van der Waals surface area contributed by atoms with Crippen molar-refractivity contribution in [3.05, 3.63) is 54.6 Å². The summed E-state index contributed by atoms with van der Waals surface area (Å²) in [7, 11) is 0. The third kappa shape index (κ3) is 2.68. The molecule has 7 heteroatoms. The summed E-state index contributed by atoms with van der Waals surface area (Å²) in [5.74, 6) is 0.477. The first kappa shape index (κ1) is 13.6. The molecule has 3 heterocycles. The number of nitrogens with one attached hydrogen (secondary N) is 1. The van der Waals surface area contributed by atoms with Gasteiger partial charge in [-0.2, -0.15) is 0 Å². The van der Waals surface area contributed by atoms with Crippen LogP contribution >= 0.6 is 0 Å². The number of carbonyl (C=O) groups is 1. The summed E-state index contributed by atoms with van der Waals surface area (Å²) >= 11 is 0. The Hall–Kier alpha value is -3.09. The third-order valence-corrected chi connectivity index (χ3v) is 3.74. The molecular formula is C16H14N6O. The van der Waals surface area contributed by atoms with Crippen LogP contribution in [0.25, 0.3) is 11.0 Å². The Morgan fingerprint density at radius 1 is 1.04 bits per heavy atom. The molecule has 0 atom stereocenters. The van der Waals surface area contributed by atoms with Crippen LogP contribution in [0, 0.1) is 0 Å². The van der Waals surface area contributed by atoms with E-state index in [2.05, 4.69) is 25.3 Å². The average molecular weight is 306 g/mol. The zero-order chi connectivity index (χ0) is 15.6. The lowest BCUT2D eigenvalue weighted by atomic mass is 10.1. The SMILES string of the molecule is O=C(c1cnc2ccccc2n1)N1CC(Nc2ncccn2)C1. The highest BCUT2D eigenvalue weighted by atomic mass is 16.2. The number of rotatable bonds is 3. The Balaban J connectivity index is 1.42. The first-order valence-corrected chi connectivity index (χ1v) is 7.34. The number of likely N-dealkylation sites (tertiary alicyclic amines) is 1. The predicted octanol–water partition coefficient (Wildman–Crippen LogP) is 1.36. The Morgan fingerprint density at radius 2 is 1.78 bits per heavy atom. The van der Waals surface area contributed by atoms with Crippen molar-refractivity contribution in [2.75, 3.05) is 18.4 Å². The van der Waals surface area contributed by atoms with E-state index in [-0.39, 0.29) is 11.9 Å². The molecule has 4 rings (SSSR count). The number of carbonyl (C=O) groups excluding carboxylic acids is 1. The second-order valence-electron chi connectivity index (χ2n) is 5.37. The van der Waals surface area contributed by atoms with Crippen LogP contribution in [0.2, 0.25) is 0 Å². The topological polar surface area (TPSA) is 83.9 Å². The highest BCUT2D eigenvalue weighted by Crippen LogP contribution is 2.16. The molecule has 114 valence electrons. The van der Waals surface area contributed by atoms with Gasteiger partial charge in [-0.15, -0.1) is 0 Å². The lowest BCUT2D eigenvalue weighted by Gasteiger charge is -2.39. The molecule has 2 aromatic heterocycles. The van der Waals surface area contributed by atoms with Gasteiger partial charge < -0.3 is 10.2 Å². The molecule has 1 aliphatic heterocycles. The first-order valence-electron chi connectivity index (χ1n) is 7.34. The van der Waals surface area contributed by atoms with Crippen molar-refractivity contribution in [2.24, 2.45) is 0 Å². The standard InChI is InChI=1S/C16H14N6O/c23-15(14-8-19-12-4-1-2-5-13(12)21-14)22-9-11(10-22)20-16-17-6-3-7-18-16/h1-8,11H,9-10H2,(H,17,18,20). The van der Waals surface area contributed by atoms with Gasteiger partial charge in [-0.1, -0.05) is 12.1 Å². The summed E-state index contributed by atoms with van der Waals surface area (Å²) in [5.41, 5.74) is 1.89. The van der Waals surface area contributed by atoms with Crippen molar-refractivity contribution in [2.45, 2.75) is 6.04 Å². The predicted molar refractivity (Wildman–Crippen MR) is 84.9 cm³/mol. The zero-order valence-corrected chi connectivity index (χ0v) is 12.3. The van der Waals surface area contributed by atoms with E-state index in [0.717, 1.165) is 11.0 Å². The molecule has 7 nitrogen and oxygen atoms in total. The fourth-order valence-electron chi connectivity index (χ4n) is 2.51. The van der Waals surface area contributed by atoms with Crippen LogP contribution in [-0.4, -0.2) is 49.9 Å². The van der Waals surface area contributed by atoms with Gasteiger partial charge in [0.25, 0.3) is 5.91 Å². The molecule has 1 saturated heterocycles. The normalized spacial score (nSPS) is 14.5. The molecule has 0 spiro atoms. The number of benzene rings is 1. The van der Waals surface area contributed by atoms with E-state index in [0.29, 0.717) is 24.7 Å². The van der Waals surface area contributed by atoms with Crippen LogP contribution in [0.4, 0.5) is 5.95 Å². The minimum Gasteiger partial charge on any atom is -0.348 e. The minimum absolute atomic E-state index is 0.102. The molecular weight excluding hydrogens is 292 g/mol. The molecule has 3 aromatic rings. The Morgan fingerprint density at radius 3 is 2.57 bits per heavy atom. The van der Waals surface area contributed by atoms with Gasteiger partial charge >= 0.3 is 0 Å².